The second-order valence-electron chi connectivity index (χ2n) is 8.93. The van der Waals surface area contributed by atoms with Crippen LogP contribution in [0.3, 0.4) is 0 Å². The Kier molecular flexibility index (Phi) is 5.88. The van der Waals surface area contributed by atoms with E-state index in [9.17, 15) is 0 Å². The monoisotopic (exact) mass is 522 g/mol. The van der Waals surface area contributed by atoms with Gasteiger partial charge in [0.05, 0.1) is 11.7 Å². The second-order valence-corrected chi connectivity index (χ2v) is 9.45. The average Bonchev–Trinajstić information content (AvgIpc) is 3.50. The van der Waals surface area contributed by atoms with Crippen molar-refractivity contribution in [3.05, 3.63) is 134 Å². The van der Waals surface area contributed by atoms with Crippen LogP contribution in [-0.4, -0.2) is 18.7 Å². The number of hydrogen-bond acceptors (Lipinski definition) is 7. The molecule has 39 heavy (non-hydrogen) atoms. The lowest BCUT2D eigenvalue weighted by molar-refractivity contribution is 1.23. The molecule has 0 amide bonds. The predicted molar refractivity (Wildman–Crippen MR) is 160 cm³/mol. The van der Waals surface area contributed by atoms with E-state index in [0.717, 1.165) is 56.2 Å². The van der Waals surface area contributed by atoms with E-state index in [1.807, 2.05) is 72.8 Å². The summed E-state index contributed by atoms with van der Waals surface area (Å²) in [6, 6.07) is 41.1. The third-order valence-electron chi connectivity index (χ3n) is 6.59. The van der Waals surface area contributed by atoms with Crippen LogP contribution >= 0.6 is 11.7 Å². The average molecular weight is 523 g/mol. The largest absolute Gasteiger partial charge is 0.306 e. The topological polar surface area (TPSA) is 58.0 Å². The molecule has 2 heterocycles. The van der Waals surface area contributed by atoms with Crippen molar-refractivity contribution in [2.75, 3.05) is 9.80 Å². The fraction of sp³-hybridized carbons (Fsp3) is 0. The van der Waals surface area contributed by atoms with Crippen LogP contribution in [0.1, 0.15) is 0 Å². The summed E-state index contributed by atoms with van der Waals surface area (Å²) < 4.78 is 9.73. The minimum Gasteiger partial charge on any atom is -0.306 e. The SMILES string of the molecule is c1ccc(N(c2ccccc2)c2c3nccnc3c(N(c3ccccc3)c3ccccc3)c3nsnc23)cc1. The molecule has 186 valence electrons. The van der Waals surface area contributed by atoms with Gasteiger partial charge in [-0.15, -0.1) is 0 Å². The molecule has 2 aromatic heterocycles. The van der Waals surface area contributed by atoms with Crippen molar-refractivity contribution in [1.82, 2.24) is 18.7 Å². The molecule has 7 aromatic rings. The normalized spacial score (nSPS) is 11.1. The van der Waals surface area contributed by atoms with E-state index in [1.165, 1.54) is 11.7 Å². The number of nitrogens with zero attached hydrogens (tertiary/aromatic N) is 6. The zero-order valence-corrected chi connectivity index (χ0v) is 21.6. The molecule has 0 aliphatic carbocycles. The summed E-state index contributed by atoms with van der Waals surface area (Å²) in [6.45, 7) is 0. The first-order valence-electron chi connectivity index (χ1n) is 12.6. The van der Waals surface area contributed by atoms with Crippen molar-refractivity contribution < 1.29 is 0 Å². The van der Waals surface area contributed by atoms with Gasteiger partial charge in [0.1, 0.15) is 33.4 Å². The van der Waals surface area contributed by atoms with Crippen LogP contribution < -0.4 is 9.80 Å². The van der Waals surface area contributed by atoms with Gasteiger partial charge < -0.3 is 9.80 Å². The molecule has 0 saturated carbocycles. The van der Waals surface area contributed by atoms with Crippen molar-refractivity contribution in [2.24, 2.45) is 0 Å². The van der Waals surface area contributed by atoms with Crippen molar-refractivity contribution in [1.29, 1.82) is 0 Å². The highest BCUT2D eigenvalue weighted by molar-refractivity contribution is 7.00. The Morgan fingerprint density at radius 2 is 0.692 bits per heavy atom. The first-order valence-corrected chi connectivity index (χ1v) is 13.3. The third-order valence-corrected chi connectivity index (χ3v) is 7.12. The van der Waals surface area contributed by atoms with Crippen LogP contribution in [0.5, 0.6) is 0 Å². The number of benzene rings is 5. The highest BCUT2D eigenvalue weighted by Crippen LogP contribution is 2.48. The van der Waals surface area contributed by atoms with Crippen molar-refractivity contribution in [2.45, 2.75) is 0 Å². The fourth-order valence-corrected chi connectivity index (χ4v) is 5.50. The van der Waals surface area contributed by atoms with Crippen LogP contribution in [0.4, 0.5) is 34.1 Å². The van der Waals surface area contributed by atoms with Gasteiger partial charge in [-0.2, -0.15) is 8.75 Å². The highest BCUT2D eigenvalue weighted by Gasteiger charge is 2.28. The van der Waals surface area contributed by atoms with Gasteiger partial charge in [0, 0.05) is 35.1 Å². The Balaban J connectivity index is 1.59. The Hall–Kier alpha value is -5.14. The standard InChI is InChI=1S/C32H22N6S/c1-5-13-23(14-6-1)37(24-15-7-2-8-16-24)31-27-28(34-22-21-33-27)32(30-29(31)35-39-36-30)38(25-17-9-3-10-18-25)26-19-11-4-12-20-26/h1-22H. The van der Waals surface area contributed by atoms with Crippen molar-refractivity contribution in [3.8, 4) is 0 Å². The van der Waals surface area contributed by atoms with E-state index in [4.69, 9.17) is 18.7 Å². The first-order chi connectivity index (χ1) is 19.4. The predicted octanol–water partition coefficient (Wildman–Crippen LogP) is 8.57. The smallest absolute Gasteiger partial charge is 0.133 e. The van der Waals surface area contributed by atoms with Gasteiger partial charge in [-0.25, -0.2) is 0 Å². The molecule has 0 N–H and O–H groups in total. The molecule has 7 heteroatoms. The minimum absolute atomic E-state index is 0.747. The summed E-state index contributed by atoms with van der Waals surface area (Å²) in [5.74, 6) is 0. The zero-order valence-electron chi connectivity index (χ0n) is 20.8. The lowest BCUT2D eigenvalue weighted by Crippen LogP contribution is -2.15. The molecule has 0 fully saturated rings. The molecule has 0 radical (unpaired) electrons. The maximum atomic E-state index is 4.92. The number of anilines is 6. The molecule has 0 saturated heterocycles. The minimum atomic E-state index is 0.747. The maximum Gasteiger partial charge on any atom is 0.133 e. The van der Waals surface area contributed by atoms with Gasteiger partial charge in [-0.1, -0.05) is 72.8 Å². The van der Waals surface area contributed by atoms with Crippen LogP contribution in [0.2, 0.25) is 0 Å². The molecule has 5 aromatic carbocycles. The van der Waals surface area contributed by atoms with Gasteiger partial charge >= 0.3 is 0 Å². The van der Waals surface area contributed by atoms with E-state index in [1.54, 1.807) is 12.4 Å². The summed E-state index contributed by atoms with van der Waals surface area (Å²) in [4.78, 5) is 14.2. The number of aromatic nitrogens is 4. The Bertz CT molecular complexity index is 1640. The molecule has 0 spiro atoms. The van der Waals surface area contributed by atoms with Crippen LogP contribution in [0.25, 0.3) is 22.1 Å². The summed E-state index contributed by atoms with van der Waals surface area (Å²) in [7, 11) is 0. The van der Waals surface area contributed by atoms with Crippen LogP contribution in [0, 0.1) is 0 Å². The number of rotatable bonds is 6. The van der Waals surface area contributed by atoms with Gasteiger partial charge in [-0.05, 0) is 48.5 Å². The molecule has 0 aliphatic heterocycles. The second kappa shape index (κ2) is 9.96. The molecule has 7 rings (SSSR count). The Morgan fingerprint density at radius 1 is 0.385 bits per heavy atom. The third kappa shape index (κ3) is 4.05. The lowest BCUT2D eigenvalue weighted by atomic mass is 10.1. The van der Waals surface area contributed by atoms with Gasteiger partial charge in [-0.3, -0.25) is 9.97 Å². The van der Waals surface area contributed by atoms with E-state index >= 15 is 0 Å². The molecule has 0 bridgehead atoms. The summed E-state index contributed by atoms with van der Waals surface area (Å²) in [5, 5.41) is 0. The number of para-hydroxylation sites is 4. The zero-order chi connectivity index (χ0) is 26.0. The number of hydrogen-bond donors (Lipinski definition) is 0. The van der Waals surface area contributed by atoms with Gasteiger partial charge in [0.25, 0.3) is 0 Å². The quantitative estimate of drug-likeness (QED) is 0.204. The van der Waals surface area contributed by atoms with Crippen molar-refractivity contribution >= 4 is 67.9 Å². The van der Waals surface area contributed by atoms with E-state index in [0.29, 0.717) is 0 Å². The molecular formula is C32H22N6S. The summed E-state index contributed by atoms with van der Waals surface area (Å²) in [6.07, 6.45) is 3.48. The van der Waals surface area contributed by atoms with Crippen molar-refractivity contribution in [3.63, 3.8) is 0 Å². The molecular weight excluding hydrogens is 500 g/mol. The summed E-state index contributed by atoms with van der Waals surface area (Å²) >= 11 is 1.20. The molecule has 6 nitrogen and oxygen atoms in total. The van der Waals surface area contributed by atoms with E-state index in [2.05, 4.69) is 58.3 Å². The number of fused-ring (bicyclic) bond motifs is 2. The molecule has 0 aliphatic rings. The molecule has 0 unspecified atom stereocenters. The molecule has 0 atom stereocenters. The Labute approximate surface area is 229 Å². The summed E-state index contributed by atoms with van der Waals surface area (Å²) in [5.41, 5.74) is 8.74. The Morgan fingerprint density at radius 3 is 1.00 bits per heavy atom. The van der Waals surface area contributed by atoms with Gasteiger partial charge in [0.2, 0.25) is 0 Å². The maximum absolute atomic E-state index is 4.92. The lowest BCUT2D eigenvalue weighted by Gasteiger charge is -2.29. The van der Waals surface area contributed by atoms with Crippen LogP contribution in [0.15, 0.2) is 134 Å². The van der Waals surface area contributed by atoms with E-state index in [-0.39, 0.29) is 0 Å². The fourth-order valence-electron chi connectivity index (χ4n) is 4.95. The van der Waals surface area contributed by atoms with E-state index < -0.39 is 0 Å². The highest BCUT2D eigenvalue weighted by atomic mass is 32.1. The van der Waals surface area contributed by atoms with Gasteiger partial charge in [0.15, 0.2) is 0 Å². The first kappa shape index (κ1) is 23.0. The van der Waals surface area contributed by atoms with Crippen LogP contribution in [-0.2, 0) is 0 Å².